The second-order valence-corrected chi connectivity index (χ2v) is 9.16. The van der Waals surface area contributed by atoms with Crippen LogP contribution in [0, 0.1) is 5.82 Å². The Balaban J connectivity index is 1.44. The van der Waals surface area contributed by atoms with Gasteiger partial charge in [-0.15, -0.1) is 10.2 Å². The van der Waals surface area contributed by atoms with Gasteiger partial charge >= 0.3 is 0 Å². The maximum absolute atomic E-state index is 14.9. The fourth-order valence-electron chi connectivity index (χ4n) is 4.05. The Morgan fingerprint density at radius 2 is 1.83 bits per heavy atom. The first-order chi connectivity index (χ1) is 17.6. The van der Waals surface area contributed by atoms with Crippen molar-refractivity contribution in [2.24, 2.45) is 0 Å². The molecule has 0 saturated carbocycles. The molecule has 0 atom stereocenters. The summed E-state index contributed by atoms with van der Waals surface area (Å²) in [5.74, 6) is 1.35. The molecule has 9 heteroatoms. The first-order valence-electron chi connectivity index (χ1n) is 11.6. The number of benzene rings is 3. The Kier molecular flexibility index (Phi) is 7.29. The highest BCUT2D eigenvalue weighted by molar-refractivity contribution is 7.98. The summed E-state index contributed by atoms with van der Waals surface area (Å²) in [6.45, 7) is 2.30. The number of morpholine rings is 1. The van der Waals surface area contributed by atoms with Gasteiger partial charge in [-0.25, -0.2) is 4.39 Å². The number of rotatable bonds is 7. The molecule has 0 unspecified atom stereocenters. The SMILES string of the molecule is COc1cccc(-c2nnc(SCc3cccc(C(=O)N4CCOCC4)c3)n2-c2ccccc2F)c1. The minimum absolute atomic E-state index is 0.0000143. The number of aromatic nitrogens is 3. The third-order valence-electron chi connectivity index (χ3n) is 5.89. The normalized spacial score (nSPS) is 13.6. The highest BCUT2D eigenvalue weighted by atomic mass is 32.2. The molecule has 1 saturated heterocycles. The lowest BCUT2D eigenvalue weighted by molar-refractivity contribution is 0.0303. The second-order valence-electron chi connectivity index (χ2n) is 8.22. The molecule has 0 aliphatic carbocycles. The van der Waals surface area contributed by atoms with E-state index in [4.69, 9.17) is 9.47 Å². The zero-order chi connectivity index (χ0) is 24.9. The molecule has 184 valence electrons. The topological polar surface area (TPSA) is 69.5 Å². The molecule has 0 radical (unpaired) electrons. The number of para-hydroxylation sites is 1. The standard InChI is InChI=1S/C27H25FN4O3S/c1-34-22-9-5-7-20(17-22)25-29-30-27(32(25)24-11-3-2-10-23(24)28)36-18-19-6-4-8-21(16-19)26(33)31-12-14-35-15-13-31/h2-11,16-17H,12-15,18H2,1H3. The van der Waals surface area contributed by atoms with Crippen LogP contribution >= 0.6 is 11.8 Å². The molecule has 1 aliphatic heterocycles. The number of thioether (sulfide) groups is 1. The average molecular weight is 505 g/mol. The van der Waals surface area contributed by atoms with E-state index in [-0.39, 0.29) is 11.7 Å². The van der Waals surface area contributed by atoms with Crippen LogP contribution in [0.15, 0.2) is 78.0 Å². The van der Waals surface area contributed by atoms with Crippen molar-refractivity contribution in [1.82, 2.24) is 19.7 Å². The smallest absolute Gasteiger partial charge is 0.254 e. The molecule has 2 heterocycles. The van der Waals surface area contributed by atoms with E-state index in [9.17, 15) is 9.18 Å². The van der Waals surface area contributed by atoms with Crippen molar-refractivity contribution in [3.8, 4) is 22.8 Å². The Labute approximate surface area is 212 Å². The molecule has 1 aliphatic rings. The van der Waals surface area contributed by atoms with Crippen molar-refractivity contribution in [3.63, 3.8) is 0 Å². The quantitative estimate of drug-likeness (QED) is 0.335. The fourth-order valence-corrected chi connectivity index (χ4v) is 4.94. The Morgan fingerprint density at radius 3 is 2.64 bits per heavy atom. The largest absolute Gasteiger partial charge is 0.497 e. The van der Waals surface area contributed by atoms with Crippen LogP contribution in [0.2, 0.25) is 0 Å². The molecule has 0 spiro atoms. The molecule has 1 amide bonds. The van der Waals surface area contributed by atoms with Gasteiger partial charge in [-0.05, 0) is 42.0 Å². The van der Waals surface area contributed by atoms with Gasteiger partial charge in [-0.3, -0.25) is 9.36 Å². The number of methoxy groups -OCH3 is 1. The first kappa shape index (κ1) is 24.0. The minimum Gasteiger partial charge on any atom is -0.497 e. The number of amides is 1. The van der Waals surface area contributed by atoms with Crippen LogP contribution in [-0.2, 0) is 10.5 Å². The Hall–Kier alpha value is -3.69. The van der Waals surface area contributed by atoms with E-state index in [1.54, 1.807) is 29.9 Å². The van der Waals surface area contributed by atoms with Crippen LogP contribution < -0.4 is 4.74 Å². The third-order valence-corrected chi connectivity index (χ3v) is 6.89. The number of hydrogen-bond donors (Lipinski definition) is 0. The van der Waals surface area contributed by atoms with E-state index >= 15 is 0 Å². The van der Waals surface area contributed by atoms with Crippen LogP contribution in [0.1, 0.15) is 15.9 Å². The van der Waals surface area contributed by atoms with Crippen LogP contribution in [0.4, 0.5) is 4.39 Å². The molecule has 7 nitrogen and oxygen atoms in total. The van der Waals surface area contributed by atoms with Gasteiger partial charge in [0.1, 0.15) is 11.6 Å². The lowest BCUT2D eigenvalue weighted by Gasteiger charge is -2.27. The van der Waals surface area contributed by atoms with Crippen molar-refractivity contribution in [2.45, 2.75) is 10.9 Å². The van der Waals surface area contributed by atoms with E-state index in [1.165, 1.54) is 17.8 Å². The van der Waals surface area contributed by atoms with E-state index < -0.39 is 0 Å². The van der Waals surface area contributed by atoms with Crippen LogP contribution in [0.3, 0.4) is 0 Å². The van der Waals surface area contributed by atoms with Gasteiger partial charge < -0.3 is 14.4 Å². The predicted octanol–water partition coefficient (Wildman–Crippen LogP) is 4.85. The third kappa shape index (κ3) is 5.12. The summed E-state index contributed by atoms with van der Waals surface area (Å²) < 4.78 is 27.3. The molecule has 1 aromatic heterocycles. The van der Waals surface area contributed by atoms with Crippen molar-refractivity contribution in [1.29, 1.82) is 0 Å². The molecule has 4 aromatic rings. The lowest BCUT2D eigenvalue weighted by Crippen LogP contribution is -2.40. The van der Waals surface area contributed by atoms with E-state index in [1.807, 2.05) is 53.4 Å². The molecular formula is C27H25FN4O3S. The van der Waals surface area contributed by atoms with Crippen molar-refractivity contribution >= 4 is 17.7 Å². The minimum atomic E-state index is -0.374. The highest BCUT2D eigenvalue weighted by Crippen LogP contribution is 2.32. The number of carbonyl (C=O) groups is 1. The van der Waals surface area contributed by atoms with Crippen molar-refractivity contribution in [2.75, 3.05) is 33.4 Å². The summed E-state index contributed by atoms with van der Waals surface area (Å²) in [5, 5.41) is 9.33. The molecule has 1 fully saturated rings. The summed E-state index contributed by atoms with van der Waals surface area (Å²) in [7, 11) is 1.60. The van der Waals surface area contributed by atoms with Gasteiger partial charge in [0.25, 0.3) is 5.91 Å². The summed E-state index contributed by atoms with van der Waals surface area (Å²) in [6.07, 6.45) is 0. The fraction of sp³-hybridized carbons (Fsp3) is 0.222. The number of ether oxygens (including phenoxy) is 2. The maximum atomic E-state index is 14.9. The molecule has 5 rings (SSSR count). The van der Waals surface area contributed by atoms with E-state index in [2.05, 4.69) is 10.2 Å². The number of hydrogen-bond acceptors (Lipinski definition) is 6. The van der Waals surface area contributed by atoms with Gasteiger partial charge in [0.05, 0.1) is 26.0 Å². The zero-order valence-electron chi connectivity index (χ0n) is 19.8. The maximum Gasteiger partial charge on any atom is 0.254 e. The average Bonchev–Trinajstić information content (AvgIpc) is 3.36. The van der Waals surface area contributed by atoms with E-state index in [0.717, 1.165) is 11.1 Å². The summed E-state index contributed by atoms with van der Waals surface area (Å²) in [6, 6.07) is 21.6. The predicted molar refractivity (Wildman–Crippen MR) is 136 cm³/mol. The van der Waals surface area contributed by atoms with Gasteiger partial charge in [0, 0.05) is 30.0 Å². The monoisotopic (exact) mass is 504 g/mol. The second kappa shape index (κ2) is 10.9. The molecule has 0 N–H and O–H groups in total. The van der Waals surface area contributed by atoms with Crippen molar-refractivity contribution < 1.29 is 18.7 Å². The van der Waals surface area contributed by atoms with Gasteiger partial charge in [0.2, 0.25) is 0 Å². The summed E-state index contributed by atoms with van der Waals surface area (Å²) in [4.78, 5) is 14.7. The molecule has 36 heavy (non-hydrogen) atoms. The molecule has 3 aromatic carbocycles. The number of nitrogens with zero attached hydrogens (tertiary/aromatic N) is 4. The van der Waals surface area contributed by atoms with Gasteiger partial charge in [-0.1, -0.05) is 48.2 Å². The lowest BCUT2D eigenvalue weighted by atomic mass is 10.1. The first-order valence-corrected chi connectivity index (χ1v) is 12.6. The summed E-state index contributed by atoms with van der Waals surface area (Å²) >= 11 is 1.43. The summed E-state index contributed by atoms with van der Waals surface area (Å²) in [5.41, 5.74) is 2.72. The van der Waals surface area contributed by atoms with E-state index in [0.29, 0.717) is 60.0 Å². The van der Waals surface area contributed by atoms with Gasteiger partial charge in [-0.2, -0.15) is 0 Å². The van der Waals surface area contributed by atoms with Crippen LogP contribution in [0.25, 0.3) is 17.1 Å². The highest BCUT2D eigenvalue weighted by Gasteiger charge is 2.21. The Morgan fingerprint density at radius 1 is 1.03 bits per heavy atom. The number of carbonyl (C=O) groups excluding carboxylic acids is 1. The van der Waals surface area contributed by atoms with Gasteiger partial charge in [0.15, 0.2) is 11.0 Å². The molecule has 0 bridgehead atoms. The molecular weight excluding hydrogens is 479 g/mol. The van der Waals surface area contributed by atoms with Crippen molar-refractivity contribution in [3.05, 3.63) is 89.7 Å². The zero-order valence-corrected chi connectivity index (χ0v) is 20.6. The number of halogens is 1. The Bertz CT molecular complexity index is 1370. The van der Waals surface area contributed by atoms with Crippen LogP contribution in [-0.4, -0.2) is 59.0 Å². The van der Waals surface area contributed by atoms with Crippen LogP contribution in [0.5, 0.6) is 5.75 Å².